The van der Waals surface area contributed by atoms with Crippen molar-refractivity contribution in [1.82, 2.24) is 24.9 Å². The number of nitrogens with zero attached hydrogens (tertiary/aromatic N) is 4. The maximum Gasteiger partial charge on any atom is 0.354 e. The zero-order valence-electron chi connectivity index (χ0n) is 16.4. The molecule has 1 fully saturated rings. The molecule has 3 rings (SSSR count). The summed E-state index contributed by atoms with van der Waals surface area (Å²) in [5.74, 6) is -1.74. The van der Waals surface area contributed by atoms with Gasteiger partial charge >= 0.3 is 5.97 Å². The van der Waals surface area contributed by atoms with Crippen molar-refractivity contribution < 1.29 is 19.5 Å². The highest BCUT2D eigenvalue weighted by atomic mass is 16.4. The molecule has 10 nitrogen and oxygen atoms in total. The quantitative estimate of drug-likeness (QED) is 0.618. The van der Waals surface area contributed by atoms with Gasteiger partial charge in [0.2, 0.25) is 5.91 Å². The Kier molecular flexibility index (Phi) is 6.63. The molecule has 1 aliphatic rings. The number of anilines is 1. The van der Waals surface area contributed by atoms with Gasteiger partial charge in [-0.3, -0.25) is 19.0 Å². The molecule has 29 heavy (non-hydrogen) atoms. The molecule has 10 heteroatoms. The van der Waals surface area contributed by atoms with Crippen LogP contribution in [-0.2, 0) is 17.9 Å². The highest BCUT2D eigenvalue weighted by molar-refractivity contribution is 6.02. The van der Waals surface area contributed by atoms with Gasteiger partial charge in [-0.05, 0) is 25.8 Å². The van der Waals surface area contributed by atoms with Gasteiger partial charge in [0.1, 0.15) is 5.69 Å². The molecule has 0 bridgehead atoms. The number of carbonyl (C=O) groups is 3. The molecular formula is C19H26N6O4. The summed E-state index contributed by atoms with van der Waals surface area (Å²) in [6, 6.07) is 1.51. The largest absolute Gasteiger partial charge is 0.477 e. The average molecular weight is 402 g/mol. The average Bonchev–Trinajstić information content (AvgIpc) is 3.34. The molecule has 1 aliphatic carbocycles. The molecule has 1 saturated carbocycles. The van der Waals surface area contributed by atoms with Crippen molar-refractivity contribution >= 4 is 23.5 Å². The van der Waals surface area contributed by atoms with Crippen LogP contribution >= 0.6 is 0 Å². The van der Waals surface area contributed by atoms with Gasteiger partial charge in [-0.15, -0.1) is 0 Å². The van der Waals surface area contributed by atoms with E-state index in [4.69, 9.17) is 5.11 Å². The van der Waals surface area contributed by atoms with Crippen molar-refractivity contribution in [1.29, 1.82) is 0 Å². The van der Waals surface area contributed by atoms with E-state index < -0.39 is 5.97 Å². The van der Waals surface area contributed by atoms with E-state index in [1.165, 1.54) is 23.4 Å². The van der Waals surface area contributed by atoms with E-state index in [9.17, 15) is 14.4 Å². The molecule has 0 spiro atoms. The Balaban J connectivity index is 1.63. The number of aryl methyl sites for hydroxylation is 2. The number of aromatic carboxylic acids is 1. The molecular weight excluding hydrogens is 376 g/mol. The number of rotatable bonds is 8. The van der Waals surface area contributed by atoms with Crippen LogP contribution < -0.4 is 10.6 Å². The predicted octanol–water partition coefficient (Wildman–Crippen LogP) is 1.89. The zero-order valence-corrected chi connectivity index (χ0v) is 16.4. The molecule has 2 aromatic heterocycles. The fourth-order valence-corrected chi connectivity index (χ4v) is 3.46. The Morgan fingerprint density at radius 1 is 1.24 bits per heavy atom. The van der Waals surface area contributed by atoms with Crippen LogP contribution in [0.5, 0.6) is 0 Å². The molecule has 0 aliphatic heterocycles. The first-order chi connectivity index (χ1) is 14.0. The molecule has 3 N–H and O–H groups in total. The van der Waals surface area contributed by atoms with Crippen molar-refractivity contribution in [2.75, 3.05) is 5.32 Å². The number of carboxylic acid groups (broad SMARTS) is 1. The lowest BCUT2D eigenvalue weighted by Crippen LogP contribution is -2.36. The van der Waals surface area contributed by atoms with Crippen molar-refractivity contribution in [2.24, 2.45) is 0 Å². The number of carbonyl (C=O) groups excluding carboxylic acids is 2. The smallest absolute Gasteiger partial charge is 0.354 e. The van der Waals surface area contributed by atoms with Crippen molar-refractivity contribution in [3.05, 3.63) is 29.8 Å². The minimum Gasteiger partial charge on any atom is -0.477 e. The lowest BCUT2D eigenvalue weighted by Gasteiger charge is -2.22. The molecule has 0 atom stereocenters. The lowest BCUT2D eigenvalue weighted by molar-refractivity contribution is -0.116. The SMILES string of the molecule is CCn1cc(NC(=O)CCn2nccc2C(=O)O)c(C(=O)NC2CCCCC2)n1. The van der Waals surface area contributed by atoms with Gasteiger partial charge in [-0.2, -0.15) is 10.2 Å². The van der Waals surface area contributed by atoms with Crippen LogP contribution in [0.2, 0.25) is 0 Å². The minimum absolute atomic E-state index is 0.0168. The number of hydrogen-bond acceptors (Lipinski definition) is 5. The molecule has 0 radical (unpaired) electrons. The summed E-state index contributed by atoms with van der Waals surface area (Å²) in [7, 11) is 0. The van der Waals surface area contributed by atoms with E-state index in [-0.39, 0.29) is 42.2 Å². The van der Waals surface area contributed by atoms with E-state index in [0.717, 1.165) is 25.7 Å². The van der Waals surface area contributed by atoms with Gasteiger partial charge in [0, 0.05) is 31.4 Å². The standard InChI is InChI=1S/C19H26N6O4/c1-2-24-12-14(17(23-24)18(27)21-13-6-4-3-5-7-13)22-16(26)9-11-25-15(19(28)29)8-10-20-25/h8,10,12-13H,2-7,9,11H2,1H3,(H,21,27)(H,22,26)(H,28,29). The second-order valence-corrected chi connectivity index (χ2v) is 7.10. The maximum atomic E-state index is 12.7. The Hall–Kier alpha value is -3.17. The van der Waals surface area contributed by atoms with Crippen LogP contribution in [0.15, 0.2) is 18.5 Å². The van der Waals surface area contributed by atoms with Gasteiger partial charge in [0.15, 0.2) is 5.69 Å². The van der Waals surface area contributed by atoms with Crippen molar-refractivity contribution in [2.45, 2.75) is 64.6 Å². The third-order valence-corrected chi connectivity index (χ3v) is 5.00. The first kappa shape index (κ1) is 20.6. The van der Waals surface area contributed by atoms with Gasteiger partial charge in [-0.1, -0.05) is 19.3 Å². The number of amides is 2. The Morgan fingerprint density at radius 3 is 2.69 bits per heavy atom. The summed E-state index contributed by atoms with van der Waals surface area (Å²) < 4.78 is 2.86. The van der Waals surface area contributed by atoms with Crippen LogP contribution in [0.25, 0.3) is 0 Å². The van der Waals surface area contributed by atoms with Gasteiger partial charge < -0.3 is 15.7 Å². The summed E-state index contributed by atoms with van der Waals surface area (Å²) in [4.78, 5) is 36.2. The first-order valence-corrected chi connectivity index (χ1v) is 9.91. The van der Waals surface area contributed by atoms with E-state index in [2.05, 4.69) is 20.8 Å². The molecule has 0 unspecified atom stereocenters. The normalized spacial score (nSPS) is 14.5. The number of hydrogen-bond donors (Lipinski definition) is 3. The number of nitrogens with one attached hydrogen (secondary N) is 2. The molecule has 2 amide bonds. The summed E-state index contributed by atoms with van der Waals surface area (Å²) in [5, 5.41) is 23.0. The molecule has 0 saturated heterocycles. The topological polar surface area (TPSA) is 131 Å². The minimum atomic E-state index is -1.10. The van der Waals surface area contributed by atoms with Crippen LogP contribution in [0.4, 0.5) is 5.69 Å². The van der Waals surface area contributed by atoms with E-state index in [1.807, 2.05) is 6.92 Å². The molecule has 2 aromatic rings. The summed E-state index contributed by atoms with van der Waals surface area (Å²) in [6.07, 6.45) is 8.33. The Bertz CT molecular complexity index is 881. The van der Waals surface area contributed by atoms with Crippen LogP contribution in [-0.4, -0.2) is 48.5 Å². The van der Waals surface area contributed by atoms with Crippen molar-refractivity contribution in [3.63, 3.8) is 0 Å². The summed E-state index contributed by atoms with van der Waals surface area (Å²) in [6.45, 7) is 2.58. The van der Waals surface area contributed by atoms with Crippen LogP contribution in [0.3, 0.4) is 0 Å². The van der Waals surface area contributed by atoms with Gasteiger partial charge in [-0.25, -0.2) is 4.79 Å². The van der Waals surface area contributed by atoms with Gasteiger partial charge in [0.25, 0.3) is 5.91 Å². The molecule has 156 valence electrons. The highest BCUT2D eigenvalue weighted by Crippen LogP contribution is 2.20. The van der Waals surface area contributed by atoms with E-state index >= 15 is 0 Å². The molecule has 2 heterocycles. The molecule has 0 aromatic carbocycles. The second-order valence-electron chi connectivity index (χ2n) is 7.10. The monoisotopic (exact) mass is 402 g/mol. The second kappa shape index (κ2) is 9.35. The predicted molar refractivity (Wildman–Crippen MR) is 105 cm³/mol. The third kappa shape index (κ3) is 5.21. The van der Waals surface area contributed by atoms with E-state index in [0.29, 0.717) is 12.2 Å². The van der Waals surface area contributed by atoms with Crippen LogP contribution in [0, 0.1) is 0 Å². The van der Waals surface area contributed by atoms with E-state index in [1.54, 1.807) is 10.9 Å². The first-order valence-electron chi connectivity index (χ1n) is 9.91. The zero-order chi connectivity index (χ0) is 20.8. The van der Waals surface area contributed by atoms with Crippen LogP contribution in [0.1, 0.15) is 66.4 Å². The van der Waals surface area contributed by atoms with Gasteiger partial charge in [0.05, 0.1) is 12.2 Å². The number of aromatic nitrogens is 4. The summed E-state index contributed by atoms with van der Waals surface area (Å²) in [5.41, 5.74) is 0.560. The number of carboxylic acids is 1. The lowest BCUT2D eigenvalue weighted by atomic mass is 9.95. The Morgan fingerprint density at radius 2 is 2.00 bits per heavy atom. The summed E-state index contributed by atoms with van der Waals surface area (Å²) >= 11 is 0. The Labute approximate surface area is 168 Å². The van der Waals surface area contributed by atoms with Crippen molar-refractivity contribution in [3.8, 4) is 0 Å². The fraction of sp³-hybridized carbons (Fsp3) is 0.526. The third-order valence-electron chi connectivity index (χ3n) is 5.00. The highest BCUT2D eigenvalue weighted by Gasteiger charge is 2.22. The maximum absolute atomic E-state index is 12.7. The fourth-order valence-electron chi connectivity index (χ4n) is 3.46.